The Labute approximate surface area is 189 Å². The lowest BCUT2D eigenvalue weighted by atomic mass is 9.70. The van der Waals surface area contributed by atoms with E-state index in [1.165, 1.54) is 114 Å². The van der Waals surface area contributed by atoms with Gasteiger partial charge in [-0.3, -0.25) is 0 Å². The molecular weight excluding hydrogens is 386 g/mol. The Kier molecular flexibility index (Phi) is 10.6. The number of rotatable bonds is 12. The monoisotopic (exact) mass is 430 g/mol. The topological polar surface area (TPSA) is 0 Å². The maximum absolute atomic E-state index is 13.4. The molecule has 0 aliphatic heterocycles. The largest absolute Gasteiger partial charge is 0.204 e. The average Bonchev–Trinajstić information content (AvgIpc) is 2.80. The van der Waals surface area contributed by atoms with Crippen LogP contribution in [0.15, 0.2) is 29.8 Å². The van der Waals surface area contributed by atoms with Crippen LogP contribution >= 0.6 is 0 Å². The number of hydrogen-bond donors (Lipinski definition) is 0. The highest BCUT2D eigenvalue weighted by Gasteiger charge is 2.28. The predicted molar refractivity (Wildman–Crippen MR) is 128 cm³/mol. The van der Waals surface area contributed by atoms with E-state index < -0.39 is 11.6 Å². The molecule has 0 heterocycles. The molecule has 0 aromatic heterocycles. The summed E-state index contributed by atoms with van der Waals surface area (Å²) in [6, 6.07) is 4.32. The maximum atomic E-state index is 13.4. The van der Waals surface area contributed by atoms with E-state index >= 15 is 0 Å². The Morgan fingerprint density at radius 3 is 2.19 bits per heavy atom. The second-order valence-electron chi connectivity index (χ2n) is 10.3. The van der Waals surface area contributed by atoms with Gasteiger partial charge in [0.1, 0.15) is 0 Å². The molecule has 1 aromatic rings. The van der Waals surface area contributed by atoms with Gasteiger partial charge in [0.25, 0.3) is 0 Å². The molecule has 1 unspecified atom stereocenters. The molecule has 1 fully saturated rings. The summed E-state index contributed by atoms with van der Waals surface area (Å²) in [5, 5.41) is 0. The Hall–Kier alpha value is -1.18. The second-order valence-corrected chi connectivity index (χ2v) is 10.3. The minimum atomic E-state index is -0.749. The number of hydrogen-bond acceptors (Lipinski definition) is 0. The van der Waals surface area contributed by atoms with Crippen molar-refractivity contribution in [2.75, 3.05) is 0 Å². The molecule has 1 aromatic carbocycles. The van der Waals surface area contributed by atoms with E-state index in [0.717, 1.165) is 36.2 Å². The minimum absolute atomic E-state index is 0.724. The van der Waals surface area contributed by atoms with Crippen LogP contribution < -0.4 is 0 Å². The lowest BCUT2D eigenvalue weighted by molar-refractivity contribution is 0.185. The van der Waals surface area contributed by atoms with E-state index in [2.05, 4.69) is 13.0 Å². The molecule has 1 saturated carbocycles. The van der Waals surface area contributed by atoms with Crippen molar-refractivity contribution in [1.82, 2.24) is 0 Å². The highest BCUT2D eigenvalue weighted by molar-refractivity contribution is 5.20. The van der Waals surface area contributed by atoms with Gasteiger partial charge in [0.15, 0.2) is 11.6 Å². The Morgan fingerprint density at radius 1 is 0.774 bits per heavy atom. The van der Waals surface area contributed by atoms with E-state index in [0.29, 0.717) is 0 Å². The molecule has 0 saturated heterocycles. The summed E-state index contributed by atoms with van der Waals surface area (Å²) < 4.78 is 26.5. The fraction of sp³-hybridized carbons (Fsp3) is 0.724. The zero-order valence-electron chi connectivity index (χ0n) is 19.8. The maximum Gasteiger partial charge on any atom is 0.159 e. The number of aryl methyl sites for hydroxylation is 1. The van der Waals surface area contributed by atoms with Crippen LogP contribution in [0.5, 0.6) is 0 Å². The molecule has 31 heavy (non-hydrogen) atoms. The SMILES string of the molecule is CCCCCCCCC[C@H]1CC[C@H](C2CC=C(CCc3ccc(F)c(F)c3)CC2)CC1. The van der Waals surface area contributed by atoms with Gasteiger partial charge in [-0.15, -0.1) is 0 Å². The Morgan fingerprint density at radius 2 is 1.52 bits per heavy atom. The average molecular weight is 431 g/mol. The molecule has 0 N–H and O–H groups in total. The zero-order chi connectivity index (χ0) is 21.9. The second kappa shape index (κ2) is 13.4. The Balaban J connectivity index is 1.29. The fourth-order valence-corrected chi connectivity index (χ4v) is 5.90. The lowest BCUT2D eigenvalue weighted by Crippen LogP contribution is -2.23. The van der Waals surface area contributed by atoms with Gasteiger partial charge < -0.3 is 0 Å². The fourth-order valence-electron chi connectivity index (χ4n) is 5.90. The van der Waals surface area contributed by atoms with Crippen LogP contribution in [0.3, 0.4) is 0 Å². The molecule has 3 rings (SSSR count). The number of unbranched alkanes of at least 4 members (excludes halogenated alkanes) is 6. The van der Waals surface area contributed by atoms with Gasteiger partial charge in [-0.25, -0.2) is 8.78 Å². The highest BCUT2D eigenvalue weighted by Crippen LogP contribution is 2.41. The van der Waals surface area contributed by atoms with E-state index in [-0.39, 0.29) is 0 Å². The van der Waals surface area contributed by atoms with Crippen molar-refractivity contribution in [3.05, 3.63) is 47.0 Å². The van der Waals surface area contributed by atoms with Crippen LogP contribution in [0, 0.1) is 29.4 Å². The molecule has 0 bridgehead atoms. The molecular formula is C29H44F2. The van der Waals surface area contributed by atoms with Gasteiger partial charge in [-0.1, -0.05) is 88.8 Å². The van der Waals surface area contributed by atoms with Crippen LogP contribution in [-0.4, -0.2) is 0 Å². The molecule has 1 atom stereocenters. The quantitative estimate of drug-likeness (QED) is 0.229. The third-order valence-corrected chi connectivity index (χ3v) is 8.04. The van der Waals surface area contributed by atoms with E-state index in [1.807, 2.05) is 0 Å². The van der Waals surface area contributed by atoms with Crippen molar-refractivity contribution >= 4 is 0 Å². The summed E-state index contributed by atoms with van der Waals surface area (Å²) in [5.41, 5.74) is 2.43. The van der Waals surface area contributed by atoms with Crippen molar-refractivity contribution in [2.45, 2.75) is 116 Å². The van der Waals surface area contributed by atoms with Crippen molar-refractivity contribution in [1.29, 1.82) is 0 Å². The summed E-state index contributed by atoms with van der Waals surface area (Å²) in [5.74, 6) is 1.34. The number of halogens is 2. The van der Waals surface area contributed by atoms with Gasteiger partial charge in [0.2, 0.25) is 0 Å². The zero-order valence-corrected chi connectivity index (χ0v) is 19.8. The van der Waals surface area contributed by atoms with Crippen molar-refractivity contribution in [2.24, 2.45) is 17.8 Å². The first kappa shape index (κ1) is 24.5. The van der Waals surface area contributed by atoms with Crippen LogP contribution in [0.4, 0.5) is 8.78 Å². The van der Waals surface area contributed by atoms with E-state index in [4.69, 9.17) is 0 Å². The summed E-state index contributed by atoms with van der Waals surface area (Å²) in [7, 11) is 0. The number of benzene rings is 1. The van der Waals surface area contributed by atoms with E-state index in [1.54, 1.807) is 6.07 Å². The number of allylic oxidation sites excluding steroid dienone is 2. The molecule has 2 aliphatic rings. The van der Waals surface area contributed by atoms with Crippen molar-refractivity contribution in [3.8, 4) is 0 Å². The van der Waals surface area contributed by atoms with Crippen LogP contribution in [0.2, 0.25) is 0 Å². The van der Waals surface area contributed by atoms with Crippen LogP contribution in [-0.2, 0) is 6.42 Å². The molecule has 0 nitrogen and oxygen atoms in total. The third-order valence-electron chi connectivity index (χ3n) is 8.04. The summed E-state index contributed by atoms with van der Waals surface area (Å²) in [4.78, 5) is 0. The first-order valence-electron chi connectivity index (χ1n) is 13.3. The van der Waals surface area contributed by atoms with E-state index in [9.17, 15) is 8.78 Å². The molecule has 0 amide bonds. The van der Waals surface area contributed by atoms with Crippen LogP contribution in [0.25, 0.3) is 0 Å². The molecule has 2 heteroatoms. The summed E-state index contributed by atoms with van der Waals surface area (Å²) >= 11 is 0. The molecule has 0 radical (unpaired) electrons. The van der Waals surface area contributed by atoms with Crippen LogP contribution in [0.1, 0.15) is 115 Å². The van der Waals surface area contributed by atoms with Crippen molar-refractivity contribution < 1.29 is 8.78 Å². The standard InChI is InChI=1S/C29H44F2/c1-2-3-4-5-6-7-8-9-23-12-17-26(18-13-23)27-19-14-24(15-20-27)10-11-25-16-21-28(30)29(31)22-25/h14,16,21-23,26-27H,2-13,15,17-20H2,1H3/t23-,26-,27?. The van der Waals surface area contributed by atoms with Gasteiger partial charge in [-0.05, 0) is 80.4 Å². The lowest BCUT2D eigenvalue weighted by Gasteiger charge is -2.35. The molecule has 2 aliphatic carbocycles. The smallest absolute Gasteiger partial charge is 0.159 e. The summed E-state index contributed by atoms with van der Waals surface area (Å²) in [6.07, 6.45) is 25.3. The van der Waals surface area contributed by atoms with Gasteiger partial charge in [0, 0.05) is 0 Å². The normalized spacial score (nSPS) is 24.2. The van der Waals surface area contributed by atoms with Crippen molar-refractivity contribution in [3.63, 3.8) is 0 Å². The first-order chi connectivity index (χ1) is 15.2. The predicted octanol–water partition coefficient (Wildman–Crippen LogP) is 9.57. The minimum Gasteiger partial charge on any atom is -0.204 e. The van der Waals surface area contributed by atoms with Gasteiger partial charge >= 0.3 is 0 Å². The Bertz CT molecular complexity index is 669. The van der Waals surface area contributed by atoms with Gasteiger partial charge in [0.05, 0.1) is 0 Å². The van der Waals surface area contributed by atoms with Gasteiger partial charge in [-0.2, -0.15) is 0 Å². The summed E-state index contributed by atoms with van der Waals surface area (Å²) in [6.45, 7) is 2.29. The third kappa shape index (κ3) is 8.35. The first-order valence-corrected chi connectivity index (χ1v) is 13.3. The molecule has 174 valence electrons. The molecule has 0 spiro atoms. The highest BCUT2D eigenvalue weighted by atomic mass is 19.2.